The predicted molar refractivity (Wildman–Crippen MR) is 177 cm³/mol. The average Bonchev–Trinajstić information content (AvgIpc) is 3.39. The summed E-state index contributed by atoms with van der Waals surface area (Å²) in [6.45, 7) is 18.5. The van der Waals surface area contributed by atoms with E-state index in [-0.39, 0.29) is 0 Å². The molecular formula is C34H54N4O3. The van der Waals surface area contributed by atoms with Gasteiger partial charge in [0.1, 0.15) is 18.2 Å². The van der Waals surface area contributed by atoms with E-state index in [0.29, 0.717) is 18.9 Å². The molecule has 0 radical (unpaired) electrons. The predicted octanol–water partition coefficient (Wildman–Crippen LogP) is 8.35. The van der Waals surface area contributed by atoms with Crippen molar-refractivity contribution in [2.24, 2.45) is 11.7 Å². The van der Waals surface area contributed by atoms with E-state index in [9.17, 15) is 0 Å². The molecule has 2 heterocycles. The maximum atomic E-state index is 8.95. The summed E-state index contributed by atoms with van der Waals surface area (Å²) in [6, 6.07) is 20.4. The summed E-state index contributed by atoms with van der Waals surface area (Å²) in [5.41, 5.74) is 15.2. The number of methoxy groups -OCH3 is 1. The quantitative estimate of drug-likeness (QED) is 0.218. The zero-order valence-corrected chi connectivity index (χ0v) is 27.0. The number of aryl methyl sites for hydroxylation is 1. The normalized spacial score (nSPS) is 9.07. The second kappa shape index (κ2) is 25.1. The maximum Gasteiger partial charge on any atom is 0.292 e. The van der Waals surface area contributed by atoms with Gasteiger partial charge in [-0.2, -0.15) is 0 Å². The lowest BCUT2D eigenvalue weighted by Crippen LogP contribution is -1.95. The molecule has 4 rings (SSSR count). The standard InChI is InChI=1S/C23H23N3O.C4H10.C2H4O2.2C2H6.CH5N/c1-2-13-26-15-20(22-21(26)11-12-25-23(22)24)18-9-6-10-19(14-18)27-16-17-7-4-3-5-8-17;1-4(2)3;1-4-2-3;3*1-2/h3-12,14-15H,2,13,16H2,1H3,(H2,24,25);4H,1-3H3;2H,1H3;2*1-2H3;2H2,1H3. The molecule has 2 aromatic heterocycles. The monoisotopic (exact) mass is 566 g/mol. The van der Waals surface area contributed by atoms with Gasteiger partial charge in [0.2, 0.25) is 0 Å². The van der Waals surface area contributed by atoms with E-state index >= 15 is 0 Å². The zero-order chi connectivity index (χ0) is 31.6. The second-order valence-corrected chi connectivity index (χ2v) is 8.69. The van der Waals surface area contributed by atoms with E-state index in [0.717, 1.165) is 52.2 Å². The Bertz CT molecular complexity index is 1170. The van der Waals surface area contributed by atoms with E-state index in [2.05, 4.69) is 78.2 Å². The minimum Gasteiger partial charge on any atom is -0.489 e. The van der Waals surface area contributed by atoms with Crippen molar-refractivity contribution in [3.05, 3.63) is 78.6 Å². The Balaban J connectivity index is 0. The Morgan fingerprint density at radius 1 is 0.951 bits per heavy atom. The smallest absolute Gasteiger partial charge is 0.292 e. The summed E-state index contributed by atoms with van der Waals surface area (Å²) in [7, 11) is 2.81. The summed E-state index contributed by atoms with van der Waals surface area (Å²) < 4.78 is 12.1. The number of aromatic nitrogens is 2. The highest BCUT2D eigenvalue weighted by Gasteiger charge is 2.14. The van der Waals surface area contributed by atoms with Gasteiger partial charge in [-0.15, -0.1) is 0 Å². The lowest BCUT2D eigenvalue weighted by molar-refractivity contribution is -0.126. The molecule has 0 aliphatic heterocycles. The van der Waals surface area contributed by atoms with Crippen LogP contribution in [-0.4, -0.2) is 30.2 Å². The first-order chi connectivity index (χ1) is 19.9. The zero-order valence-electron chi connectivity index (χ0n) is 27.0. The molecule has 41 heavy (non-hydrogen) atoms. The SMILES string of the molecule is CC.CC.CC(C)C.CCCn1cc(-c2cccc(OCc3ccccc3)c2)c2c(N)nccc21.CN.COC=O. The molecule has 0 atom stereocenters. The van der Waals surface area contributed by atoms with Gasteiger partial charge in [0.25, 0.3) is 6.47 Å². The number of fused-ring (bicyclic) bond motifs is 1. The lowest BCUT2D eigenvalue weighted by atomic mass is 10.1. The highest BCUT2D eigenvalue weighted by atomic mass is 16.5. The van der Waals surface area contributed by atoms with Gasteiger partial charge in [-0.05, 0) is 48.7 Å². The Kier molecular flexibility index (Phi) is 24.1. The van der Waals surface area contributed by atoms with Gasteiger partial charge in [0.05, 0.1) is 12.6 Å². The van der Waals surface area contributed by atoms with Crippen LogP contribution < -0.4 is 16.2 Å². The molecule has 0 aliphatic rings. The van der Waals surface area contributed by atoms with E-state index in [1.807, 2.05) is 64.1 Å². The summed E-state index contributed by atoms with van der Waals surface area (Å²) in [5.74, 6) is 2.24. The first kappa shape index (κ1) is 39.3. The van der Waals surface area contributed by atoms with Crippen LogP contribution in [-0.2, 0) is 22.7 Å². The van der Waals surface area contributed by atoms with E-state index in [4.69, 9.17) is 15.3 Å². The van der Waals surface area contributed by atoms with Gasteiger partial charge in [-0.1, -0.05) is 97.9 Å². The van der Waals surface area contributed by atoms with Gasteiger partial charge in [0, 0.05) is 29.9 Å². The Labute approximate surface area is 248 Å². The van der Waals surface area contributed by atoms with Crippen LogP contribution in [0.4, 0.5) is 5.82 Å². The number of nitrogens with zero attached hydrogens (tertiary/aromatic N) is 2. The van der Waals surface area contributed by atoms with Crippen molar-refractivity contribution in [3.63, 3.8) is 0 Å². The lowest BCUT2D eigenvalue weighted by Gasteiger charge is -2.08. The number of carbonyl (C=O) groups excluding carboxylic acids is 1. The number of ether oxygens (including phenoxy) is 2. The fourth-order valence-electron chi connectivity index (χ4n) is 3.41. The molecule has 2 aromatic carbocycles. The Morgan fingerprint density at radius 2 is 1.54 bits per heavy atom. The fraction of sp³-hybridized carbons (Fsp3) is 0.412. The third-order valence-electron chi connectivity index (χ3n) is 4.78. The number of nitrogens with two attached hydrogens (primary N) is 2. The van der Waals surface area contributed by atoms with Gasteiger partial charge in [0.15, 0.2) is 0 Å². The van der Waals surface area contributed by atoms with Crippen LogP contribution >= 0.6 is 0 Å². The van der Waals surface area contributed by atoms with Crippen LogP contribution in [0, 0.1) is 5.92 Å². The number of pyridine rings is 1. The van der Waals surface area contributed by atoms with Gasteiger partial charge in [-0.25, -0.2) is 4.98 Å². The summed E-state index contributed by atoms with van der Waals surface area (Å²) >= 11 is 0. The van der Waals surface area contributed by atoms with E-state index in [1.165, 1.54) is 14.2 Å². The average molecular weight is 567 g/mol. The molecule has 0 fully saturated rings. The molecule has 0 saturated carbocycles. The number of hydrogen-bond donors (Lipinski definition) is 2. The van der Waals surface area contributed by atoms with Crippen molar-refractivity contribution in [2.75, 3.05) is 19.9 Å². The number of carbonyl (C=O) groups is 1. The summed E-state index contributed by atoms with van der Waals surface area (Å²) in [4.78, 5) is 13.2. The van der Waals surface area contributed by atoms with Gasteiger partial charge < -0.3 is 25.5 Å². The number of benzene rings is 2. The molecule has 0 amide bonds. The minimum absolute atomic E-state index is 0.375. The van der Waals surface area contributed by atoms with Crippen molar-refractivity contribution >= 4 is 23.2 Å². The van der Waals surface area contributed by atoms with Crippen LogP contribution in [0.3, 0.4) is 0 Å². The third-order valence-corrected chi connectivity index (χ3v) is 4.78. The van der Waals surface area contributed by atoms with Gasteiger partial charge >= 0.3 is 0 Å². The van der Waals surface area contributed by atoms with Gasteiger partial charge in [-0.3, -0.25) is 4.79 Å². The highest BCUT2D eigenvalue weighted by molar-refractivity contribution is 6.02. The van der Waals surface area contributed by atoms with Crippen LogP contribution in [0.25, 0.3) is 22.0 Å². The third kappa shape index (κ3) is 14.9. The molecule has 0 unspecified atom stereocenters. The summed E-state index contributed by atoms with van der Waals surface area (Å²) in [5, 5.41) is 1.01. The highest BCUT2D eigenvalue weighted by Crippen LogP contribution is 2.35. The number of rotatable bonds is 7. The largest absolute Gasteiger partial charge is 0.489 e. The first-order valence-electron chi connectivity index (χ1n) is 14.5. The molecule has 4 N–H and O–H groups in total. The Hall–Kier alpha value is -3.84. The number of anilines is 1. The van der Waals surface area contributed by atoms with Crippen LogP contribution in [0.15, 0.2) is 73.1 Å². The van der Waals surface area contributed by atoms with Crippen LogP contribution in [0.2, 0.25) is 0 Å². The first-order valence-corrected chi connectivity index (χ1v) is 14.5. The molecule has 0 saturated heterocycles. The minimum atomic E-state index is 0.375. The van der Waals surface area contributed by atoms with E-state index in [1.54, 1.807) is 6.20 Å². The van der Waals surface area contributed by atoms with Crippen LogP contribution in [0.5, 0.6) is 5.75 Å². The van der Waals surface area contributed by atoms with E-state index < -0.39 is 0 Å². The van der Waals surface area contributed by atoms with Crippen LogP contribution in [0.1, 0.15) is 67.4 Å². The van der Waals surface area contributed by atoms with Crippen molar-refractivity contribution in [2.45, 2.75) is 75.0 Å². The molecule has 7 heteroatoms. The number of nitrogen functional groups attached to an aromatic ring is 1. The van der Waals surface area contributed by atoms with Crippen molar-refractivity contribution < 1.29 is 14.3 Å². The fourth-order valence-corrected chi connectivity index (χ4v) is 3.41. The second-order valence-electron chi connectivity index (χ2n) is 8.69. The topological polar surface area (TPSA) is 105 Å². The maximum absolute atomic E-state index is 8.95. The van der Waals surface area contributed by atoms with Crippen molar-refractivity contribution in [1.82, 2.24) is 9.55 Å². The molecule has 7 nitrogen and oxygen atoms in total. The molecule has 228 valence electrons. The van der Waals surface area contributed by atoms with Crippen molar-refractivity contribution in [3.8, 4) is 16.9 Å². The molecule has 0 spiro atoms. The number of hydrogen-bond acceptors (Lipinski definition) is 6. The van der Waals surface area contributed by atoms with Crippen molar-refractivity contribution in [1.29, 1.82) is 0 Å². The Morgan fingerprint density at radius 3 is 2.07 bits per heavy atom. The molecule has 0 bridgehead atoms. The summed E-state index contributed by atoms with van der Waals surface area (Å²) in [6.07, 6.45) is 5.00. The molecule has 4 aromatic rings. The molecule has 0 aliphatic carbocycles. The molecular weight excluding hydrogens is 512 g/mol.